The maximum Gasteiger partial charge on any atom is 0.407 e. The molecule has 1 fully saturated rings. The van der Waals surface area contributed by atoms with Crippen LogP contribution in [0.3, 0.4) is 0 Å². The van der Waals surface area contributed by atoms with Crippen LogP contribution in [-0.4, -0.2) is 112 Å². The molecule has 1 aliphatic heterocycles. The summed E-state index contributed by atoms with van der Waals surface area (Å²) in [5, 5.41) is 20.2. The fraction of sp³-hybridized carbons (Fsp3) is 0.735. The zero-order chi connectivity index (χ0) is 34.1. The summed E-state index contributed by atoms with van der Waals surface area (Å²) >= 11 is 0. The summed E-state index contributed by atoms with van der Waals surface area (Å²) in [6.45, 7) is 16.8. The highest BCUT2D eigenvalue weighted by molar-refractivity contribution is 5.96. The zero-order valence-electron chi connectivity index (χ0n) is 28.9. The number of morpholine rings is 1. The van der Waals surface area contributed by atoms with Crippen molar-refractivity contribution in [3.05, 3.63) is 29.8 Å². The van der Waals surface area contributed by atoms with E-state index in [0.29, 0.717) is 63.7 Å². The van der Waals surface area contributed by atoms with Crippen molar-refractivity contribution in [2.75, 3.05) is 66.3 Å². The maximum atomic E-state index is 13.2. The molecule has 12 heteroatoms. The molecule has 262 valence electrons. The zero-order valence-corrected chi connectivity index (χ0v) is 28.9. The molecule has 1 aromatic carbocycles. The summed E-state index contributed by atoms with van der Waals surface area (Å²) in [6.07, 6.45) is -0.463. The lowest BCUT2D eigenvalue weighted by molar-refractivity contribution is -0.125. The third kappa shape index (κ3) is 15.1. The van der Waals surface area contributed by atoms with Crippen LogP contribution in [0.25, 0.3) is 0 Å². The van der Waals surface area contributed by atoms with Gasteiger partial charge >= 0.3 is 6.09 Å². The number of hydrogen-bond donors (Lipinski definition) is 4. The number of alkyl carbamates (subject to hydrolysis) is 1. The van der Waals surface area contributed by atoms with Crippen molar-refractivity contribution < 1.29 is 38.4 Å². The number of methoxy groups -OCH3 is 1. The normalized spacial score (nSPS) is 16.6. The molecule has 0 aromatic heterocycles. The molecule has 4 atom stereocenters. The average Bonchev–Trinajstić information content (AvgIpc) is 3.00. The van der Waals surface area contributed by atoms with E-state index in [2.05, 4.69) is 20.9 Å². The molecular weight excluding hydrogens is 592 g/mol. The first-order valence-electron chi connectivity index (χ1n) is 16.5. The fourth-order valence-corrected chi connectivity index (χ4v) is 5.14. The number of aliphatic hydroxyl groups is 1. The Bertz CT molecular complexity index is 1060. The predicted octanol–water partition coefficient (Wildman–Crippen LogP) is 3.22. The first kappa shape index (κ1) is 39.2. The first-order valence-corrected chi connectivity index (χ1v) is 16.5. The van der Waals surface area contributed by atoms with Crippen LogP contribution >= 0.6 is 0 Å². The lowest BCUT2D eigenvalue weighted by Gasteiger charge is -2.32. The van der Waals surface area contributed by atoms with E-state index in [9.17, 15) is 19.5 Å². The molecule has 4 N–H and O–H groups in total. The van der Waals surface area contributed by atoms with Crippen molar-refractivity contribution in [3.8, 4) is 5.75 Å². The van der Waals surface area contributed by atoms with Gasteiger partial charge < -0.3 is 40.0 Å². The van der Waals surface area contributed by atoms with Crippen LogP contribution in [0, 0.1) is 17.8 Å². The van der Waals surface area contributed by atoms with Crippen molar-refractivity contribution in [1.29, 1.82) is 0 Å². The highest BCUT2D eigenvalue weighted by atomic mass is 16.6. The van der Waals surface area contributed by atoms with Gasteiger partial charge in [0.1, 0.15) is 11.4 Å². The summed E-state index contributed by atoms with van der Waals surface area (Å²) in [5.74, 6) is -0.413. The number of nitrogens with one attached hydrogen (secondary N) is 3. The van der Waals surface area contributed by atoms with Crippen LogP contribution in [0.2, 0.25) is 0 Å². The number of hydrogen-bond acceptors (Lipinski definition) is 9. The Kier molecular flexibility index (Phi) is 17.4. The topological polar surface area (TPSA) is 148 Å². The van der Waals surface area contributed by atoms with Gasteiger partial charge in [-0.2, -0.15) is 0 Å². The van der Waals surface area contributed by atoms with Gasteiger partial charge in [0.25, 0.3) is 5.91 Å². The molecule has 0 spiro atoms. The van der Waals surface area contributed by atoms with Crippen LogP contribution in [-0.2, 0) is 19.0 Å². The van der Waals surface area contributed by atoms with Gasteiger partial charge in [-0.3, -0.25) is 14.5 Å². The van der Waals surface area contributed by atoms with Gasteiger partial charge in [0, 0.05) is 58.8 Å². The number of ether oxygens (including phenoxy) is 4. The average molecular weight is 651 g/mol. The largest absolute Gasteiger partial charge is 0.493 e. The van der Waals surface area contributed by atoms with Gasteiger partial charge in [-0.05, 0) is 57.6 Å². The predicted molar refractivity (Wildman–Crippen MR) is 177 cm³/mol. The third-order valence-corrected chi connectivity index (χ3v) is 7.95. The molecule has 1 heterocycles. The van der Waals surface area contributed by atoms with Gasteiger partial charge in [0.2, 0.25) is 5.91 Å². The Hall–Kier alpha value is -2.93. The smallest absolute Gasteiger partial charge is 0.407 e. The van der Waals surface area contributed by atoms with E-state index in [0.717, 1.165) is 19.6 Å². The molecule has 0 aliphatic carbocycles. The summed E-state index contributed by atoms with van der Waals surface area (Å²) in [4.78, 5) is 41.2. The second-order valence-electron chi connectivity index (χ2n) is 13.3. The molecule has 12 nitrogen and oxygen atoms in total. The first-order chi connectivity index (χ1) is 21.8. The van der Waals surface area contributed by atoms with Crippen molar-refractivity contribution in [1.82, 2.24) is 20.9 Å². The number of carbonyl (C=O) groups is 3. The molecule has 0 bridgehead atoms. The molecular formula is C34H58N4O8. The van der Waals surface area contributed by atoms with E-state index in [-0.39, 0.29) is 30.1 Å². The highest BCUT2D eigenvalue weighted by Gasteiger charge is 2.31. The van der Waals surface area contributed by atoms with Gasteiger partial charge in [-0.25, -0.2) is 4.79 Å². The molecule has 3 amide bonds. The molecule has 0 saturated carbocycles. The van der Waals surface area contributed by atoms with Gasteiger partial charge in [0.05, 0.1) is 37.5 Å². The van der Waals surface area contributed by atoms with Crippen molar-refractivity contribution >= 4 is 17.9 Å². The molecule has 0 radical (unpaired) electrons. The summed E-state index contributed by atoms with van der Waals surface area (Å²) < 4.78 is 21.8. The third-order valence-electron chi connectivity index (χ3n) is 7.95. The lowest BCUT2D eigenvalue weighted by Crippen LogP contribution is -2.49. The van der Waals surface area contributed by atoms with Gasteiger partial charge in [0.15, 0.2) is 0 Å². The monoisotopic (exact) mass is 650 g/mol. The number of aliphatic hydroxyl groups excluding tert-OH is 1. The summed E-state index contributed by atoms with van der Waals surface area (Å²) in [7, 11) is 1.63. The van der Waals surface area contributed by atoms with Crippen LogP contribution in [0.15, 0.2) is 24.3 Å². The molecule has 1 saturated heterocycles. The van der Waals surface area contributed by atoms with Crippen molar-refractivity contribution in [2.45, 2.75) is 78.6 Å². The Morgan fingerprint density at radius 1 is 1.02 bits per heavy atom. The van der Waals surface area contributed by atoms with Crippen LogP contribution in [0.1, 0.15) is 71.2 Å². The van der Waals surface area contributed by atoms with E-state index >= 15 is 0 Å². The number of rotatable bonds is 19. The Labute approximate surface area is 275 Å². The Morgan fingerprint density at radius 3 is 2.37 bits per heavy atom. The molecule has 1 aromatic rings. The van der Waals surface area contributed by atoms with Crippen LogP contribution < -0.4 is 20.7 Å². The Balaban J connectivity index is 2.05. The van der Waals surface area contributed by atoms with E-state index in [4.69, 9.17) is 18.9 Å². The maximum absolute atomic E-state index is 13.2. The van der Waals surface area contributed by atoms with E-state index < -0.39 is 29.8 Å². The standard InChI is InChI=1S/C34H58N4O8/c1-24(2)26(23-36-32(41)27-11-8-9-12-30(27)45-18-10-17-43-7)22-28(37-33(42)46-34(4,5)6)29(39)21-25(3)31(40)35-13-14-38-15-19-44-20-16-38/h8-9,11-12,24-26,28-29,39H,10,13-23H2,1-7H3,(H,35,40)(H,36,41)(H,37,42)/t25-,26-,28+,29+/m1/s1. The second-order valence-corrected chi connectivity index (χ2v) is 13.3. The molecule has 46 heavy (non-hydrogen) atoms. The Morgan fingerprint density at radius 2 is 1.72 bits per heavy atom. The van der Waals surface area contributed by atoms with Crippen LogP contribution in [0.4, 0.5) is 4.79 Å². The molecule has 0 unspecified atom stereocenters. The molecule has 1 aliphatic rings. The number of carbonyl (C=O) groups excluding carboxylic acids is 3. The highest BCUT2D eigenvalue weighted by Crippen LogP contribution is 2.23. The summed E-state index contributed by atoms with van der Waals surface area (Å²) in [6, 6.07) is 6.38. The van der Waals surface area contributed by atoms with Gasteiger partial charge in [-0.15, -0.1) is 0 Å². The minimum Gasteiger partial charge on any atom is -0.493 e. The van der Waals surface area contributed by atoms with E-state index in [1.807, 2.05) is 19.9 Å². The number of benzene rings is 1. The van der Waals surface area contributed by atoms with E-state index in [1.54, 1.807) is 53.0 Å². The van der Waals surface area contributed by atoms with Crippen molar-refractivity contribution in [2.24, 2.45) is 17.8 Å². The number of nitrogens with zero attached hydrogens (tertiary/aromatic N) is 1. The number of amides is 3. The SMILES string of the molecule is COCCCOc1ccccc1C(=O)NC[C@@H](C[C@H](NC(=O)OC(C)(C)C)[C@@H](O)C[C@@H](C)C(=O)NCCN1CCOCC1)C(C)C. The summed E-state index contributed by atoms with van der Waals surface area (Å²) in [5.41, 5.74) is -0.295. The minimum atomic E-state index is -1.02. The van der Waals surface area contributed by atoms with Gasteiger partial charge in [-0.1, -0.05) is 32.9 Å². The quantitative estimate of drug-likeness (QED) is 0.166. The molecule has 2 rings (SSSR count). The van der Waals surface area contributed by atoms with E-state index in [1.165, 1.54) is 0 Å². The minimum absolute atomic E-state index is 0.106. The van der Waals surface area contributed by atoms with Crippen molar-refractivity contribution in [3.63, 3.8) is 0 Å². The fourth-order valence-electron chi connectivity index (χ4n) is 5.14. The lowest BCUT2D eigenvalue weighted by atomic mass is 9.85. The van der Waals surface area contributed by atoms with Crippen LogP contribution in [0.5, 0.6) is 5.75 Å². The number of para-hydroxylation sites is 1. The second kappa shape index (κ2) is 20.3.